The zero-order chi connectivity index (χ0) is 12.3. The highest BCUT2D eigenvalue weighted by Gasteiger charge is 2.08. The van der Waals surface area contributed by atoms with Gasteiger partial charge >= 0.3 is 5.97 Å². The van der Waals surface area contributed by atoms with Gasteiger partial charge in [0.05, 0.1) is 6.54 Å². The minimum atomic E-state index is -0.334. The van der Waals surface area contributed by atoms with E-state index in [1.165, 1.54) is 6.92 Å². The molecule has 0 aliphatic heterocycles. The summed E-state index contributed by atoms with van der Waals surface area (Å²) in [5.41, 5.74) is 0. The molecular weight excluding hydrogens is 194 g/mol. The third-order valence-corrected chi connectivity index (χ3v) is 1.68. The number of rotatable bonds is 6. The molecule has 0 aliphatic carbocycles. The molecule has 0 spiro atoms. The second-order valence-corrected chi connectivity index (χ2v) is 2.82. The van der Waals surface area contributed by atoms with Crippen molar-refractivity contribution < 1.29 is 14.3 Å². The molecule has 0 unspecified atom stereocenters. The average Bonchev–Trinajstić information content (AvgIpc) is 2.25. The van der Waals surface area contributed by atoms with Crippen LogP contribution in [0.5, 0.6) is 0 Å². The number of carbonyl (C=O) groups excluding carboxylic acids is 2. The number of nitrogens with zero attached hydrogens (tertiary/aromatic N) is 1. The number of likely N-dealkylation sites (N-methyl/N-ethyl adjacent to an activating group) is 1. The lowest BCUT2D eigenvalue weighted by Crippen LogP contribution is -2.31. The van der Waals surface area contributed by atoms with Crippen molar-refractivity contribution >= 4 is 11.8 Å². The van der Waals surface area contributed by atoms with Crippen molar-refractivity contribution in [3.63, 3.8) is 0 Å². The first-order chi connectivity index (χ1) is 7.10. The van der Waals surface area contributed by atoms with E-state index in [1.807, 2.05) is 32.6 Å². The fourth-order valence-corrected chi connectivity index (χ4v) is 0.858. The predicted octanol–water partition coefficient (Wildman–Crippen LogP) is 1.49. The molecule has 0 radical (unpaired) electrons. The van der Waals surface area contributed by atoms with Crippen molar-refractivity contribution in [1.82, 2.24) is 4.90 Å². The minimum Gasteiger partial charge on any atom is -0.457 e. The standard InChI is InChI=1S/C9H17NO3.C2H6/c1-4-10(5-2)6-9(12)13-7-8(3)11;1-2/h4-7H2,1-3H3;1-2H3. The van der Waals surface area contributed by atoms with E-state index in [9.17, 15) is 9.59 Å². The van der Waals surface area contributed by atoms with Crippen LogP contribution in [0.25, 0.3) is 0 Å². The van der Waals surface area contributed by atoms with Gasteiger partial charge in [-0.3, -0.25) is 14.5 Å². The molecule has 0 rings (SSSR count). The van der Waals surface area contributed by atoms with Crippen LogP contribution in [0.4, 0.5) is 0 Å². The molecule has 0 N–H and O–H groups in total. The maximum absolute atomic E-state index is 11.1. The van der Waals surface area contributed by atoms with Crippen LogP contribution in [0.15, 0.2) is 0 Å². The second kappa shape index (κ2) is 11.2. The monoisotopic (exact) mass is 217 g/mol. The van der Waals surface area contributed by atoms with Crippen LogP contribution < -0.4 is 0 Å². The van der Waals surface area contributed by atoms with Gasteiger partial charge in [0.25, 0.3) is 0 Å². The molecule has 0 heterocycles. The molecule has 0 aromatic heterocycles. The van der Waals surface area contributed by atoms with Gasteiger partial charge in [-0.25, -0.2) is 0 Å². The molecule has 0 amide bonds. The number of hydrogen-bond acceptors (Lipinski definition) is 4. The fraction of sp³-hybridized carbons (Fsp3) is 0.818. The fourth-order valence-electron chi connectivity index (χ4n) is 0.858. The molecule has 0 fully saturated rings. The first kappa shape index (κ1) is 16.5. The lowest BCUT2D eigenvalue weighted by Gasteiger charge is -2.16. The van der Waals surface area contributed by atoms with Crippen LogP contribution in [0.3, 0.4) is 0 Å². The molecule has 0 aromatic carbocycles. The Morgan fingerprint density at radius 1 is 1.13 bits per heavy atom. The Kier molecular flexibility index (Phi) is 12.3. The number of ketones is 1. The summed E-state index contributed by atoms with van der Waals surface area (Å²) in [4.78, 5) is 23.5. The molecule has 0 atom stereocenters. The Morgan fingerprint density at radius 3 is 1.93 bits per heavy atom. The topological polar surface area (TPSA) is 46.6 Å². The van der Waals surface area contributed by atoms with Gasteiger partial charge in [-0.2, -0.15) is 0 Å². The second-order valence-electron chi connectivity index (χ2n) is 2.82. The molecule has 0 aromatic rings. The van der Waals surface area contributed by atoms with Crippen LogP contribution in [-0.4, -0.2) is 42.9 Å². The SMILES string of the molecule is CC.CCN(CC)CC(=O)OCC(C)=O. The summed E-state index contributed by atoms with van der Waals surface area (Å²) >= 11 is 0. The summed E-state index contributed by atoms with van der Waals surface area (Å²) in [5, 5.41) is 0. The largest absolute Gasteiger partial charge is 0.457 e. The summed E-state index contributed by atoms with van der Waals surface area (Å²) in [6.07, 6.45) is 0. The molecule has 0 bridgehead atoms. The zero-order valence-corrected chi connectivity index (χ0v) is 10.5. The Labute approximate surface area is 92.6 Å². The van der Waals surface area contributed by atoms with Crippen molar-refractivity contribution in [3.8, 4) is 0 Å². The van der Waals surface area contributed by atoms with E-state index >= 15 is 0 Å². The lowest BCUT2D eigenvalue weighted by atomic mass is 10.4. The van der Waals surface area contributed by atoms with Gasteiger partial charge in [0.1, 0.15) is 6.61 Å². The molecule has 4 heteroatoms. The van der Waals surface area contributed by atoms with Gasteiger partial charge < -0.3 is 4.74 Å². The van der Waals surface area contributed by atoms with E-state index in [2.05, 4.69) is 0 Å². The Morgan fingerprint density at radius 2 is 1.60 bits per heavy atom. The van der Waals surface area contributed by atoms with Crippen molar-refractivity contribution in [3.05, 3.63) is 0 Å². The van der Waals surface area contributed by atoms with E-state index in [0.717, 1.165) is 13.1 Å². The van der Waals surface area contributed by atoms with E-state index in [-0.39, 0.29) is 24.9 Å². The first-order valence-electron chi connectivity index (χ1n) is 5.47. The van der Waals surface area contributed by atoms with E-state index in [0.29, 0.717) is 0 Å². The highest BCUT2D eigenvalue weighted by Crippen LogP contribution is 1.89. The van der Waals surface area contributed by atoms with E-state index < -0.39 is 0 Å². The number of hydrogen-bond donors (Lipinski definition) is 0. The summed E-state index contributed by atoms with van der Waals surface area (Å²) < 4.78 is 4.71. The molecule has 0 aliphatic rings. The predicted molar refractivity (Wildman–Crippen MR) is 60.8 cm³/mol. The van der Waals surface area contributed by atoms with Crippen molar-refractivity contribution in [2.24, 2.45) is 0 Å². The summed E-state index contributed by atoms with van der Waals surface area (Å²) in [6, 6.07) is 0. The first-order valence-corrected chi connectivity index (χ1v) is 5.47. The number of carbonyl (C=O) groups is 2. The molecule has 15 heavy (non-hydrogen) atoms. The van der Waals surface area contributed by atoms with Crippen LogP contribution >= 0.6 is 0 Å². The van der Waals surface area contributed by atoms with Crippen molar-refractivity contribution in [2.75, 3.05) is 26.2 Å². The third-order valence-electron chi connectivity index (χ3n) is 1.68. The number of esters is 1. The minimum absolute atomic E-state index is 0.111. The van der Waals surface area contributed by atoms with Crippen LogP contribution in [0, 0.1) is 0 Å². The van der Waals surface area contributed by atoms with Gasteiger partial charge in [-0.15, -0.1) is 0 Å². The van der Waals surface area contributed by atoms with Crippen LogP contribution in [-0.2, 0) is 14.3 Å². The normalized spacial score (nSPS) is 9.20. The molecule has 0 saturated heterocycles. The summed E-state index contributed by atoms with van der Waals surface area (Å²) in [7, 11) is 0. The third kappa shape index (κ3) is 11.0. The molecule has 4 nitrogen and oxygen atoms in total. The van der Waals surface area contributed by atoms with E-state index in [1.54, 1.807) is 0 Å². The van der Waals surface area contributed by atoms with Gasteiger partial charge in [-0.05, 0) is 20.0 Å². The average molecular weight is 217 g/mol. The Bertz CT molecular complexity index is 177. The smallest absolute Gasteiger partial charge is 0.320 e. The Balaban J connectivity index is 0. The Hall–Kier alpha value is -0.900. The van der Waals surface area contributed by atoms with Gasteiger partial charge in [-0.1, -0.05) is 27.7 Å². The maximum Gasteiger partial charge on any atom is 0.320 e. The van der Waals surface area contributed by atoms with Crippen LogP contribution in [0.2, 0.25) is 0 Å². The highest BCUT2D eigenvalue weighted by molar-refractivity contribution is 5.80. The highest BCUT2D eigenvalue weighted by atomic mass is 16.5. The zero-order valence-electron chi connectivity index (χ0n) is 10.5. The van der Waals surface area contributed by atoms with Gasteiger partial charge in [0.15, 0.2) is 5.78 Å². The quantitative estimate of drug-likeness (QED) is 0.632. The number of Topliss-reactive ketones (excluding diaryl/α,β-unsaturated/α-hetero) is 1. The van der Waals surface area contributed by atoms with Crippen molar-refractivity contribution in [1.29, 1.82) is 0 Å². The van der Waals surface area contributed by atoms with E-state index in [4.69, 9.17) is 4.74 Å². The lowest BCUT2D eigenvalue weighted by molar-refractivity contribution is -0.148. The van der Waals surface area contributed by atoms with Gasteiger partial charge in [0, 0.05) is 0 Å². The molecular formula is C11H23NO3. The number of ether oxygens (including phenoxy) is 1. The maximum atomic E-state index is 11.1. The molecule has 90 valence electrons. The van der Waals surface area contributed by atoms with Crippen LogP contribution in [0.1, 0.15) is 34.6 Å². The van der Waals surface area contributed by atoms with Gasteiger partial charge in [0.2, 0.25) is 0 Å². The summed E-state index contributed by atoms with van der Waals surface area (Å²) in [6.45, 7) is 11.1. The summed E-state index contributed by atoms with van der Waals surface area (Å²) in [5.74, 6) is -0.466. The molecule has 0 saturated carbocycles. The van der Waals surface area contributed by atoms with Crippen molar-refractivity contribution in [2.45, 2.75) is 34.6 Å².